The predicted molar refractivity (Wildman–Crippen MR) is 112 cm³/mol. The molecule has 0 saturated heterocycles. The Labute approximate surface area is 165 Å². The number of nitrogens with two attached hydrogens (primary N) is 1. The quantitative estimate of drug-likeness (QED) is 0.500. The van der Waals surface area contributed by atoms with Gasteiger partial charge in [0.05, 0.1) is 0 Å². The van der Waals surface area contributed by atoms with Crippen LogP contribution in [0.15, 0.2) is 60.6 Å². The van der Waals surface area contributed by atoms with Crippen LogP contribution in [0.4, 0.5) is 17.5 Å². The van der Waals surface area contributed by atoms with E-state index in [-0.39, 0.29) is 5.91 Å². The van der Waals surface area contributed by atoms with Crippen molar-refractivity contribution in [1.82, 2.24) is 15.3 Å². The van der Waals surface area contributed by atoms with E-state index in [0.717, 1.165) is 16.8 Å². The highest BCUT2D eigenvalue weighted by atomic mass is 16.1. The lowest BCUT2D eigenvalue weighted by molar-refractivity contribution is -0.120. The van der Waals surface area contributed by atoms with Gasteiger partial charge in [-0.15, -0.1) is 0 Å². The molecule has 0 bridgehead atoms. The van der Waals surface area contributed by atoms with Crippen LogP contribution in [-0.4, -0.2) is 22.9 Å². The molecule has 0 radical (unpaired) electrons. The van der Waals surface area contributed by atoms with Gasteiger partial charge in [0.15, 0.2) is 0 Å². The van der Waals surface area contributed by atoms with Crippen LogP contribution >= 0.6 is 0 Å². The van der Waals surface area contributed by atoms with Crippen molar-refractivity contribution in [3.63, 3.8) is 0 Å². The molecule has 1 fully saturated rings. The summed E-state index contributed by atoms with van der Waals surface area (Å²) in [5.41, 5.74) is 9.04. The van der Waals surface area contributed by atoms with Gasteiger partial charge in [-0.3, -0.25) is 4.79 Å². The van der Waals surface area contributed by atoms with Gasteiger partial charge >= 0.3 is 0 Å². The van der Waals surface area contributed by atoms with Crippen molar-refractivity contribution in [2.24, 2.45) is 11.7 Å². The van der Waals surface area contributed by atoms with E-state index in [1.807, 2.05) is 30.3 Å². The van der Waals surface area contributed by atoms with Crippen LogP contribution in [0, 0.1) is 5.92 Å². The van der Waals surface area contributed by atoms with Crippen molar-refractivity contribution in [2.75, 3.05) is 17.7 Å². The molecule has 0 atom stereocenters. The SMILES string of the molecule is C=C(/C=C(\N)Nc1ccnc(Nc2ccc(CCC(=O)NC)cc2)n1)C1CC1. The second kappa shape index (κ2) is 9.03. The number of amides is 1. The molecule has 28 heavy (non-hydrogen) atoms. The zero-order chi connectivity index (χ0) is 19.9. The summed E-state index contributed by atoms with van der Waals surface area (Å²) in [6.07, 6.45) is 7.09. The summed E-state index contributed by atoms with van der Waals surface area (Å²) in [5.74, 6) is 2.20. The summed E-state index contributed by atoms with van der Waals surface area (Å²) in [6.45, 7) is 4.04. The first-order valence-electron chi connectivity index (χ1n) is 9.36. The van der Waals surface area contributed by atoms with E-state index in [4.69, 9.17) is 5.73 Å². The lowest BCUT2D eigenvalue weighted by Gasteiger charge is -2.09. The number of rotatable bonds is 9. The summed E-state index contributed by atoms with van der Waals surface area (Å²) in [7, 11) is 1.64. The summed E-state index contributed by atoms with van der Waals surface area (Å²) < 4.78 is 0. The first-order chi connectivity index (χ1) is 13.5. The molecule has 1 heterocycles. The van der Waals surface area contributed by atoms with Gasteiger partial charge in [-0.25, -0.2) is 4.98 Å². The highest BCUT2D eigenvalue weighted by molar-refractivity contribution is 5.75. The Morgan fingerprint density at radius 3 is 2.71 bits per heavy atom. The lowest BCUT2D eigenvalue weighted by atomic mass is 10.1. The Bertz CT molecular complexity index is 871. The smallest absolute Gasteiger partial charge is 0.229 e. The van der Waals surface area contributed by atoms with Crippen molar-refractivity contribution in [3.8, 4) is 0 Å². The first kappa shape index (κ1) is 19.4. The Balaban J connectivity index is 1.58. The Kier molecular flexibility index (Phi) is 6.26. The van der Waals surface area contributed by atoms with E-state index in [1.54, 1.807) is 19.3 Å². The van der Waals surface area contributed by atoms with Gasteiger partial charge in [-0.05, 0) is 60.6 Å². The molecule has 7 nitrogen and oxygen atoms in total. The number of allylic oxidation sites excluding steroid dienone is 2. The molecule has 1 aliphatic rings. The van der Waals surface area contributed by atoms with Gasteiger partial charge in [-0.1, -0.05) is 18.7 Å². The van der Waals surface area contributed by atoms with Crippen LogP contribution in [-0.2, 0) is 11.2 Å². The minimum absolute atomic E-state index is 0.0361. The number of nitrogens with zero attached hydrogens (tertiary/aromatic N) is 2. The third kappa shape index (κ3) is 5.84. The maximum atomic E-state index is 11.3. The average molecular weight is 378 g/mol. The number of aryl methyl sites for hydroxylation is 1. The molecule has 1 aromatic carbocycles. The molecule has 0 spiro atoms. The highest BCUT2D eigenvalue weighted by Crippen LogP contribution is 2.36. The maximum Gasteiger partial charge on any atom is 0.229 e. The first-order valence-corrected chi connectivity index (χ1v) is 9.36. The zero-order valence-electron chi connectivity index (χ0n) is 16.0. The Hall–Kier alpha value is -3.35. The molecule has 146 valence electrons. The topological polar surface area (TPSA) is 105 Å². The number of hydrogen-bond donors (Lipinski definition) is 4. The zero-order valence-corrected chi connectivity index (χ0v) is 16.0. The summed E-state index contributed by atoms with van der Waals surface area (Å²) in [4.78, 5) is 20.0. The number of carbonyl (C=O) groups is 1. The van der Waals surface area contributed by atoms with Gasteiger partial charge in [0.2, 0.25) is 11.9 Å². The van der Waals surface area contributed by atoms with Gasteiger partial charge in [0.25, 0.3) is 0 Å². The fraction of sp³-hybridized carbons (Fsp3) is 0.286. The van der Waals surface area contributed by atoms with Gasteiger partial charge in [0.1, 0.15) is 11.6 Å². The van der Waals surface area contributed by atoms with E-state index >= 15 is 0 Å². The van der Waals surface area contributed by atoms with E-state index in [2.05, 4.69) is 32.5 Å². The van der Waals surface area contributed by atoms with Crippen LogP contribution in [0.1, 0.15) is 24.8 Å². The Morgan fingerprint density at radius 2 is 2.04 bits per heavy atom. The number of nitrogens with one attached hydrogen (secondary N) is 3. The van der Waals surface area contributed by atoms with E-state index in [9.17, 15) is 4.79 Å². The highest BCUT2D eigenvalue weighted by Gasteiger charge is 2.23. The number of aromatic nitrogens is 2. The van der Waals surface area contributed by atoms with Gasteiger partial charge in [0, 0.05) is 25.4 Å². The van der Waals surface area contributed by atoms with E-state index < -0.39 is 0 Å². The minimum Gasteiger partial charge on any atom is -0.385 e. The second-order valence-corrected chi connectivity index (χ2v) is 6.83. The number of carbonyl (C=O) groups excluding carboxylic acids is 1. The molecule has 1 aromatic heterocycles. The monoisotopic (exact) mass is 378 g/mol. The number of anilines is 3. The number of hydrogen-bond acceptors (Lipinski definition) is 6. The van der Waals surface area contributed by atoms with Crippen LogP contribution in [0.3, 0.4) is 0 Å². The molecule has 0 aliphatic heterocycles. The van der Waals surface area contributed by atoms with E-state index in [1.165, 1.54) is 12.8 Å². The largest absolute Gasteiger partial charge is 0.385 e. The van der Waals surface area contributed by atoms with Gasteiger partial charge in [-0.2, -0.15) is 4.98 Å². The summed E-state index contributed by atoms with van der Waals surface area (Å²) in [5, 5.41) is 8.87. The second-order valence-electron chi connectivity index (χ2n) is 6.83. The molecule has 3 rings (SSSR count). The fourth-order valence-electron chi connectivity index (χ4n) is 2.71. The van der Waals surface area contributed by atoms with E-state index in [0.29, 0.717) is 36.3 Å². The average Bonchev–Trinajstić information content (AvgIpc) is 3.52. The molecule has 2 aromatic rings. The third-order valence-electron chi connectivity index (χ3n) is 4.50. The molecular formula is C21H26N6O. The normalized spacial score (nSPS) is 13.7. The molecule has 1 saturated carbocycles. The molecular weight excluding hydrogens is 352 g/mol. The van der Waals surface area contributed by atoms with Crippen molar-refractivity contribution in [1.29, 1.82) is 0 Å². The Morgan fingerprint density at radius 1 is 1.29 bits per heavy atom. The molecule has 1 aliphatic carbocycles. The number of benzene rings is 1. The van der Waals surface area contributed by atoms with Crippen molar-refractivity contribution >= 4 is 23.4 Å². The molecule has 7 heteroatoms. The van der Waals surface area contributed by atoms with Crippen molar-refractivity contribution in [3.05, 3.63) is 66.1 Å². The van der Waals surface area contributed by atoms with Crippen LogP contribution in [0.5, 0.6) is 0 Å². The van der Waals surface area contributed by atoms with Crippen LogP contribution in [0.25, 0.3) is 0 Å². The molecule has 0 unspecified atom stereocenters. The molecule has 1 amide bonds. The standard InChI is InChI=1S/C21H26N6O/c1-14(16-6-7-16)13-18(22)26-19-11-12-24-21(27-19)25-17-8-3-15(4-9-17)5-10-20(28)23-2/h3-4,8-9,11-13,16H,1,5-7,10,22H2,2H3,(H,23,28)(H2,24,25,26,27)/b18-13+. The van der Waals surface area contributed by atoms with Crippen molar-refractivity contribution < 1.29 is 4.79 Å². The van der Waals surface area contributed by atoms with Gasteiger partial charge < -0.3 is 21.7 Å². The fourth-order valence-corrected chi connectivity index (χ4v) is 2.71. The lowest BCUT2D eigenvalue weighted by Crippen LogP contribution is -2.17. The molecule has 5 N–H and O–H groups in total. The van der Waals surface area contributed by atoms with Crippen molar-refractivity contribution in [2.45, 2.75) is 25.7 Å². The third-order valence-corrected chi connectivity index (χ3v) is 4.50. The minimum atomic E-state index is 0.0361. The summed E-state index contributed by atoms with van der Waals surface area (Å²) in [6, 6.07) is 9.61. The summed E-state index contributed by atoms with van der Waals surface area (Å²) >= 11 is 0. The van der Waals surface area contributed by atoms with Crippen LogP contribution < -0.4 is 21.7 Å². The maximum absolute atomic E-state index is 11.3. The predicted octanol–water partition coefficient (Wildman–Crippen LogP) is 3.08. The van der Waals surface area contributed by atoms with Crippen LogP contribution in [0.2, 0.25) is 0 Å².